The summed E-state index contributed by atoms with van der Waals surface area (Å²) in [5.74, 6) is 1.20. The number of anilines is 2. The fourth-order valence-corrected chi connectivity index (χ4v) is 3.21. The van der Waals surface area contributed by atoms with Gasteiger partial charge in [0.15, 0.2) is 5.82 Å². The Kier molecular flexibility index (Phi) is 7.31. The van der Waals surface area contributed by atoms with Gasteiger partial charge in [-0.2, -0.15) is 0 Å². The summed E-state index contributed by atoms with van der Waals surface area (Å²) in [6, 6.07) is 3.32. The SMILES string of the molecule is CCC(COC)n1cc(Cl)nc(Nc2c(Br)cc(OC)cc2OC)c1=O. The summed E-state index contributed by atoms with van der Waals surface area (Å²) in [6.07, 6.45) is 2.23. The molecular formula is C17H21BrClN3O4. The molecule has 142 valence electrons. The highest BCUT2D eigenvalue weighted by molar-refractivity contribution is 9.10. The fourth-order valence-electron chi connectivity index (χ4n) is 2.50. The van der Waals surface area contributed by atoms with Gasteiger partial charge in [-0.05, 0) is 28.4 Å². The number of nitrogens with zero attached hydrogens (tertiary/aromatic N) is 2. The summed E-state index contributed by atoms with van der Waals surface area (Å²) in [4.78, 5) is 17.0. The van der Waals surface area contributed by atoms with Crippen LogP contribution in [0.4, 0.5) is 11.5 Å². The van der Waals surface area contributed by atoms with Crippen LogP contribution in [-0.2, 0) is 4.74 Å². The average Bonchev–Trinajstić information content (AvgIpc) is 2.63. The molecule has 0 spiro atoms. The Labute approximate surface area is 165 Å². The number of benzene rings is 1. The van der Waals surface area contributed by atoms with Crippen LogP contribution in [0.15, 0.2) is 27.6 Å². The van der Waals surface area contributed by atoms with E-state index in [0.717, 1.165) is 0 Å². The summed E-state index contributed by atoms with van der Waals surface area (Å²) in [7, 11) is 4.68. The second-order valence-corrected chi connectivity index (χ2v) is 6.70. The van der Waals surface area contributed by atoms with Gasteiger partial charge < -0.3 is 24.1 Å². The van der Waals surface area contributed by atoms with Gasteiger partial charge in [-0.25, -0.2) is 4.98 Å². The maximum Gasteiger partial charge on any atom is 0.294 e. The standard InChI is InChI=1S/C17H21BrClN3O4/c1-5-10(9-24-2)22-8-14(19)20-16(17(22)23)21-15-12(18)6-11(25-3)7-13(15)26-4/h6-8,10H,5,9H2,1-4H3,(H,20,21). The molecule has 0 bridgehead atoms. The smallest absolute Gasteiger partial charge is 0.294 e. The predicted octanol–water partition coefficient (Wildman–Crippen LogP) is 4.02. The van der Waals surface area contributed by atoms with E-state index in [1.165, 1.54) is 17.9 Å². The molecule has 0 aliphatic carbocycles. The van der Waals surface area contributed by atoms with E-state index in [1.54, 1.807) is 26.4 Å². The summed E-state index contributed by atoms with van der Waals surface area (Å²) in [6.45, 7) is 2.37. The maximum atomic E-state index is 12.9. The minimum absolute atomic E-state index is 0.0937. The number of halogens is 2. The van der Waals surface area contributed by atoms with E-state index >= 15 is 0 Å². The van der Waals surface area contributed by atoms with Gasteiger partial charge >= 0.3 is 0 Å². The van der Waals surface area contributed by atoms with Crippen molar-refractivity contribution in [2.45, 2.75) is 19.4 Å². The number of hydrogen-bond donors (Lipinski definition) is 1. The van der Waals surface area contributed by atoms with Gasteiger partial charge in [-0.3, -0.25) is 4.79 Å². The van der Waals surface area contributed by atoms with E-state index in [1.807, 2.05) is 6.92 Å². The van der Waals surface area contributed by atoms with E-state index < -0.39 is 0 Å². The summed E-state index contributed by atoms with van der Waals surface area (Å²) >= 11 is 9.59. The van der Waals surface area contributed by atoms with Crippen molar-refractivity contribution in [1.29, 1.82) is 0 Å². The second-order valence-electron chi connectivity index (χ2n) is 5.45. The largest absolute Gasteiger partial charge is 0.497 e. The third kappa shape index (κ3) is 4.49. The normalized spacial score (nSPS) is 11.9. The van der Waals surface area contributed by atoms with Crippen molar-refractivity contribution in [3.63, 3.8) is 0 Å². The maximum absolute atomic E-state index is 12.9. The topological polar surface area (TPSA) is 74.6 Å². The molecule has 1 unspecified atom stereocenters. The van der Waals surface area contributed by atoms with Crippen molar-refractivity contribution >= 4 is 39.0 Å². The third-order valence-corrected chi connectivity index (χ3v) is 4.66. The minimum atomic E-state index is -0.303. The second kappa shape index (κ2) is 9.25. The number of nitrogens with one attached hydrogen (secondary N) is 1. The molecule has 0 amide bonds. The fraction of sp³-hybridized carbons (Fsp3) is 0.412. The van der Waals surface area contributed by atoms with Gasteiger partial charge in [0.2, 0.25) is 0 Å². The molecule has 0 fully saturated rings. The van der Waals surface area contributed by atoms with Crippen LogP contribution < -0.4 is 20.3 Å². The first-order chi connectivity index (χ1) is 12.4. The highest BCUT2D eigenvalue weighted by atomic mass is 79.9. The first-order valence-electron chi connectivity index (χ1n) is 7.91. The van der Waals surface area contributed by atoms with Crippen molar-refractivity contribution in [2.24, 2.45) is 0 Å². The van der Waals surface area contributed by atoms with E-state index in [9.17, 15) is 4.79 Å². The quantitative estimate of drug-likeness (QED) is 0.660. The first-order valence-corrected chi connectivity index (χ1v) is 9.08. The highest BCUT2D eigenvalue weighted by Crippen LogP contribution is 2.38. The van der Waals surface area contributed by atoms with Crippen LogP contribution in [0.5, 0.6) is 11.5 Å². The van der Waals surface area contributed by atoms with Crippen molar-refractivity contribution in [3.05, 3.63) is 38.3 Å². The predicted molar refractivity (Wildman–Crippen MR) is 105 cm³/mol. The average molecular weight is 447 g/mol. The molecule has 0 saturated carbocycles. The first kappa shape index (κ1) is 20.5. The Morgan fingerprint density at radius 2 is 2.04 bits per heavy atom. The van der Waals surface area contributed by atoms with Crippen LogP contribution in [0.3, 0.4) is 0 Å². The molecule has 0 radical (unpaired) electrons. The Morgan fingerprint density at radius 3 is 2.62 bits per heavy atom. The lowest BCUT2D eigenvalue weighted by molar-refractivity contribution is 0.151. The number of aromatic nitrogens is 2. The lowest BCUT2D eigenvalue weighted by Crippen LogP contribution is -2.29. The Morgan fingerprint density at radius 1 is 1.31 bits per heavy atom. The van der Waals surface area contributed by atoms with Gasteiger partial charge in [-0.1, -0.05) is 18.5 Å². The van der Waals surface area contributed by atoms with E-state index in [-0.39, 0.29) is 22.6 Å². The zero-order valence-corrected chi connectivity index (χ0v) is 17.3. The number of hydrogen-bond acceptors (Lipinski definition) is 6. The molecule has 7 nitrogen and oxygen atoms in total. The van der Waals surface area contributed by atoms with Crippen LogP contribution in [-0.4, -0.2) is 37.5 Å². The molecule has 0 aliphatic rings. The van der Waals surface area contributed by atoms with Gasteiger partial charge in [-0.15, -0.1) is 0 Å². The molecule has 2 aromatic rings. The molecule has 1 aromatic carbocycles. The van der Waals surface area contributed by atoms with Gasteiger partial charge in [0.25, 0.3) is 5.56 Å². The third-order valence-electron chi connectivity index (χ3n) is 3.85. The summed E-state index contributed by atoms with van der Waals surface area (Å²) in [5.41, 5.74) is 0.245. The van der Waals surface area contributed by atoms with Crippen LogP contribution in [0.1, 0.15) is 19.4 Å². The number of ether oxygens (including phenoxy) is 3. The Bertz CT molecular complexity index is 828. The molecule has 2 rings (SSSR count). The van der Waals surface area contributed by atoms with Crippen LogP contribution in [0.2, 0.25) is 5.15 Å². The van der Waals surface area contributed by atoms with E-state index in [0.29, 0.717) is 34.7 Å². The van der Waals surface area contributed by atoms with Gasteiger partial charge in [0.05, 0.1) is 32.6 Å². The Balaban J connectivity index is 2.51. The molecular weight excluding hydrogens is 426 g/mol. The minimum Gasteiger partial charge on any atom is -0.497 e. The molecule has 1 atom stereocenters. The van der Waals surface area contributed by atoms with Crippen LogP contribution >= 0.6 is 27.5 Å². The van der Waals surface area contributed by atoms with Crippen LogP contribution in [0.25, 0.3) is 0 Å². The molecule has 0 saturated heterocycles. The number of methoxy groups -OCH3 is 3. The summed E-state index contributed by atoms with van der Waals surface area (Å²) < 4.78 is 18.0. The summed E-state index contributed by atoms with van der Waals surface area (Å²) in [5, 5.41) is 3.22. The number of rotatable bonds is 8. The molecule has 0 aliphatic heterocycles. The lowest BCUT2D eigenvalue weighted by Gasteiger charge is -2.19. The lowest BCUT2D eigenvalue weighted by atomic mass is 10.2. The van der Waals surface area contributed by atoms with Crippen LogP contribution in [0, 0.1) is 0 Å². The van der Waals surface area contributed by atoms with E-state index in [4.69, 9.17) is 25.8 Å². The van der Waals surface area contributed by atoms with Crippen molar-refractivity contribution in [3.8, 4) is 11.5 Å². The monoisotopic (exact) mass is 445 g/mol. The molecule has 9 heteroatoms. The van der Waals surface area contributed by atoms with Crippen molar-refractivity contribution in [2.75, 3.05) is 33.3 Å². The molecule has 1 N–H and O–H groups in total. The Hall–Kier alpha value is -1.77. The highest BCUT2D eigenvalue weighted by Gasteiger charge is 2.18. The van der Waals surface area contributed by atoms with E-state index in [2.05, 4.69) is 26.2 Å². The molecule has 1 aromatic heterocycles. The van der Waals surface area contributed by atoms with Crippen molar-refractivity contribution in [1.82, 2.24) is 9.55 Å². The van der Waals surface area contributed by atoms with Gasteiger partial charge in [0, 0.05) is 23.8 Å². The van der Waals surface area contributed by atoms with Crippen molar-refractivity contribution < 1.29 is 14.2 Å². The zero-order chi connectivity index (χ0) is 19.3. The molecule has 26 heavy (non-hydrogen) atoms. The van der Waals surface area contributed by atoms with Gasteiger partial charge in [0.1, 0.15) is 16.7 Å². The molecule has 1 heterocycles. The zero-order valence-electron chi connectivity index (χ0n) is 15.0.